The predicted molar refractivity (Wildman–Crippen MR) is 68.0 cm³/mol. The summed E-state index contributed by atoms with van der Waals surface area (Å²) in [7, 11) is 1.62. The Balaban J connectivity index is 2.57. The van der Waals surface area contributed by atoms with E-state index in [1.807, 2.05) is 13.8 Å². The van der Waals surface area contributed by atoms with Gasteiger partial charge >= 0.3 is 0 Å². The molecule has 1 aliphatic carbocycles. The zero-order valence-electron chi connectivity index (χ0n) is 11.6. The number of rotatable bonds is 6. The van der Waals surface area contributed by atoms with Gasteiger partial charge in [-0.25, -0.2) is 0 Å². The Morgan fingerprint density at radius 2 is 2.00 bits per heavy atom. The van der Waals surface area contributed by atoms with Gasteiger partial charge in [-0.3, -0.25) is 4.79 Å². The lowest BCUT2D eigenvalue weighted by atomic mass is 9.62. The molecule has 102 valence electrons. The van der Waals surface area contributed by atoms with E-state index in [4.69, 9.17) is 9.47 Å². The summed E-state index contributed by atoms with van der Waals surface area (Å²) in [4.78, 5) is 12.4. The van der Waals surface area contributed by atoms with Crippen molar-refractivity contribution >= 4 is 5.78 Å². The second kappa shape index (κ2) is 6.31. The van der Waals surface area contributed by atoms with Crippen molar-refractivity contribution in [1.29, 1.82) is 5.26 Å². The van der Waals surface area contributed by atoms with Crippen molar-refractivity contribution in [2.45, 2.75) is 39.5 Å². The van der Waals surface area contributed by atoms with E-state index in [9.17, 15) is 10.1 Å². The van der Waals surface area contributed by atoms with Crippen LogP contribution in [0.2, 0.25) is 0 Å². The SMILES string of the molecule is COCCOCCC1(C#N)CCCC(C)(C)C1=O. The van der Waals surface area contributed by atoms with Crippen molar-refractivity contribution in [2.24, 2.45) is 10.8 Å². The Labute approximate surface area is 109 Å². The second-order valence-corrected chi connectivity index (χ2v) is 5.62. The van der Waals surface area contributed by atoms with Crippen LogP contribution < -0.4 is 0 Å². The number of hydrogen-bond acceptors (Lipinski definition) is 4. The molecule has 0 saturated heterocycles. The summed E-state index contributed by atoms with van der Waals surface area (Å²) in [5, 5.41) is 9.40. The lowest BCUT2D eigenvalue weighted by Crippen LogP contribution is -2.44. The molecule has 4 nitrogen and oxygen atoms in total. The standard InChI is InChI=1S/C14H23NO3/c1-13(2)5-4-6-14(11-15,12(13)16)7-8-18-10-9-17-3/h4-10H2,1-3H3. The third-order valence-corrected chi connectivity index (χ3v) is 3.77. The van der Waals surface area contributed by atoms with Crippen LogP contribution >= 0.6 is 0 Å². The molecule has 0 spiro atoms. The molecule has 18 heavy (non-hydrogen) atoms. The van der Waals surface area contributed by atoms with Crippen LogP contribution in [0.1, 0.15) is 39.5 Å². The summed E-state index contributed by atoms with van der Waals surface area (Å²) in [6.07, 6.45) is 2.97. The molecule has 0 heterocycles. The minimum absolute atomic E-state index is 0.0825. The minimum atomic E-state index is -0.838. The highest BCUT2D eigenvalue weighted by atomic mass is 16.5. The molecule has 0 aromatic heterocycles. The van der Waals surface area contributed by atoms with Gasteiger partial charge in [0.1, 0.15) is 5.41 Å². The molecular weight excluding hydrogens is 230 g/mol. The van der Waals surface area contributed by atoms with E-state index >= 15 is 0 Å². The monoisotopic (exact) mass is 253 g/mol. The number of carbonyl (C=O) groups is 1. The van der Waals surface area contributed by atoms with Gasteiger partial charge in [0.15, 0.2) is 5.78 Å². The van der Waals surface area contributed by atoms with Gasteiger partial charge in [-0.1, -0.05) is 20.3 Å². The molecule has 0 amide bonds. The second-order valence-electron chi connectivity index (χ2n) is 5.62. The van der Waals surface area contributed by atoms with Crippen molar-refractivity contribution in [3.63, 3.8) is 0 Å². The van der Waals surface area contributed by atoms with Crippen molar-refractivity contribution in [3.8, 4) is 6.07 Å². The van der Waals surface area contributed by atoms with Crippen LogP contribution in [-0.4, -0.2) is 32.7 Å². The fourth-order valence-electron chi connectivity index (χ4n) is 2.60. The van der Waals surface area contributed by atoms with Crippen LogP contribution in [0, 0.1) is 22.2 Å². The van der Waals surface area contributed by atoms with Crippen LogP contribution in [0.5, 0.6) is 0 Å². The fraction of sp³-hybridized carbons (Fsp3) is 0.857. The number of Topliss-reactive ketones (excluding diaryl/α,β-unsaturated/α-hetero) is 1. The first-order chi connectivity index (χ1) is 8.48. The summed E-state index contributed by atoms with van der Waals surface area (Å²) >= 11 is 0. The van der Waals surface area contributed by atoms with Gasteiger partial charge in [-0.05, 0) is 19.3 Å². The number of nitriles is 1. The first kappa shape index (κ1) is 15.1. The highest BCUT2D eigenvalue weighted by molar-refractivity contribution is 5.92. The molecule has 4 heteroatoms. The van der Waals surface area contributed by atoms with Gasteiger partial charge in [-0.2, -0.15) is 5.26 Å². The number of methoxy groups -OCH3 is 1. The topological polar surface area (TPSA) is 59.3 Å². The Hall–Kier alpha value is -0.920. The van der Waals surface area contributed by atoms with E-state index < -0.39 is 5.41 Å². The van der Waals surface area contributed by atoms with E-state index in [1.165, 1.54) is 0 Å². The summed E-state index contributed by atoms with van der Waals surface area (Å²) in [5.41, 5.74) is -1.21. The average molecular weight is 253 g/mol. The molecule has 0 aliphatic heterocycles. The molecule has 1 fully saturated rings. The molecule has 1 aliphatic rings. The highest BCUT2D eigenvalue weighted by Gasteiger charge is 2.48. The Bertz CT molecular complexity index is 332. The van der Waals surface area contributed by atoms with Crippen LogP contribution in [0.4, 0.5) is 0 Å². The van der Waals surface area contributed by atoms with Gasteiger partial charge in [-0.15, -0.1) is 0 Å². The van der Waals surface area contributed by atoms with E-state index in [1.54, 1.807) is 7.11 Å². The van der Waals surface area contributed by atoms with Gasteiger partial charge in [0.2, 0.25) is 0 Å². The third-order valence-electron chi connectivity index (χ3n) is 3.77. The number of nitrogens with zero attached hydrogens (tertiary/aromatic N) is 1. The predicted octanol–water partition coefficient (Wildman–Crippen LogP) is 2.33. The molecule has 0 N–H and O–H groups in total. The van der Waals surface area contributed by atoms with Crippen molar-refractivity contribution in [3.05, 3.63) is 0 Å². The van der Waals surface area contributed by atoms with E-state index in [-0.39, 0.29) is 11.2 Å². The van der Waals surface area contributed by atoms with Crippen LogP contribution in [0.3, 0.4) is 0 Å². The van der Waals surface area contributed by atoms with E-state index in [0.717, 1.165) is 12.8 Å². The Morgan fingerprint density at radius 3 is 2.61 bits per heavy atom. The zero-order chi connectivity index (χ0) is 13.6. The first-order valence-electron chi connectivity index (χ1n) is 6.51. The van der Waals surface area contributed by atoms with Crippen LogP contribution in [0.25, 0.3) is 0 Å². The third kappa shape index (κ3) is 3.30. The molecule has 1 atom stereocenters. The molecule has 1 saturated carbocycles. The average Bonchev–Trinajstić information content (AvgIpc) is 2.34. The number of ether oxygens (including phenoxy) is 2. The van der Waals surface area contributed by atoms with Crippen molar-refractivity contribution < 1.29 is 14.3 Å². The quantitative estimate of drug-likeness (QED) is 0.682. The lowest BCUT2D eigenvalue weighted by molar-refractivity contribution is -0.139. The molecule has 0 radical (unpaired) electrons. The maximum atomic E-state index is 12.4. The van der Waals surface area contributed by atoms with E-state index in [2.05, 4.69) is 6.07 Å². The van der Waals surface area contributed by atoms with Crippen LogP contribution in [-0.2, 0) is 14.3 Å². The summed E-state index contributed by atoms with van der Waals surface area (Å²) in [5.74, 6) is 0.0825. The first-order valence-corrected chi connectivity index (χ1v) is 6.51. The highest BCUT2D eigenvalue weighted by Crippen LogP contribution is 2.44. The summed E-state index contributed by atoms with van der Waals surface area (Å²) in [6.45, 7) is 5.37. The van der Waals surface area contributed by atoms with Crippen molar-refractivity contribution in [2.75, 3.05) is 26.9 Å². The van der Waals surface area contributed by atoms with Crippen molar-refractivity contribution in [1.82, 2.24) is 0 Å². The van der Waals surface area contributed by atoms with Crippen LogP contribution in [0.15, 0.2) is 0 Å². The molecule has 1 unspecified atom stereocenters. The number of hydrogen-bond donors (Lipinski definition) is 0. The minimum Gasteiger partial charge on any atom is -0.382 e. The molecular formula is C14H23NO3. The molecule has 0 bridgehead atoms. The van der Waals surface area contributed by atoms with Gasteiger partial charge < -0.3 is 9.47 Å². The normalized spacial score (nSPS) is 26.9. The van der Waals surface area contributed by atoms with Gasteiger partial charge in [0, 0.05) is 19.1 Å². The lowest BCUT2D eigenvalue weighted by Gasteiger charge is -2.38. The van der Waals surface area contributed by atoms with Gasteiger partial charge in [0.25, 0.3) is 0 Å². The number of ketones is 1. The Morgan fingerprint density at radius 1 is 1.28 bits per heavy atom. The zero-order valence-corrected chi connectivity index (χ0v) is 11.6. The number of carbonyl (C=O) groups excluding carboxylic acids is 1. The fourth-order valence-corrected chi connectivity index (χ4v) is 2.60. The maximum absolute atomic E-state index is 12.4. The largest absolute Gasteiger partial charge is 0.382 e. The van der Waals surface area contributed by atoms with Gasteiger partial charge in [0.05, 0.1) is 19.3 Å². The maximum Gasteiger partial charge on any atom is 0.158 e. The molecule has 1 rings (SSSR count). The molecule has 0 aromatic rings. The summed E-state index contributed by atoms with van der Waals surface area (Å²) < 4.78 is 10.3. The van der Waals surface area contributed by atoms with E-state index in [0.29, 0.717) is 32.7 Å². The molecule has 0 aromatic carbocycles. The smallest absolute Gasteiger partial charge is 0.158 e. The summed E-state index contributed by atoms with van der Waals surface area (Å²) in [6, 6.07) is 2.25. The Kier molecular flexibility index (Phi) is 5.30.